The summed E-state index contributed by atoms with van der Waals surface area (Å²) < 4.78 is 6.51. The van der Waals surface area contributed by atoms with Crippen LogP contribution in [0, 0.1) is 0 Å². The van der Waals surface area contributed by atoms with E-state index in [4.69, 9.17) is 4.74 Å². The Balaban J connectivity index is 1.55. The maximum Gasteiger partial charge on any atom is 0.0594 e. The number of benzene rings is 1. The summed E-state index contributed by atoms with van der Waals surface area (Å²) in [4.78, 5) is 3.86. The van der Waals surface area contributed by atoms with Crippen LogP contribution in [0.15, 0.2) is 33.6 Å². The molecule has 2 rings (SSSR count). The Bertz CT molecular complexity index is 355. The van der Waals surface area contributed by atoms with Crippen LogP contribution in [0.5, 0.6) is 0 Å². The molecule has 1 saturated heterocycles. The van der Waals surface area contributed by atoms with E-state index in [1.165, 1.54) is 34.5 Å². The molecule has 0 spiro atoms. The second-order valence-corrected chi connectivity index (χ2v) is 6.55. The quantitative estimate of drug-likeness (QED) is 0.583. The van der Waals surface area contributed by atoms with Gasteiger partial charge in [-0.3, -0.25) is 4.90 Å². The highest BCUT2D eigenvalue weighted by molar-refractivity contribution is 9.10. The fraction of sp³-hybridized carbons (Fsp3) is 0.571. The summed E-state index contributed by atoms with van der Waals surface area (Å²) in [5.41, 5.74) is 0. The van der Waals surface area contributed by atoms with Crippen LogP contribution in [-0.4, -0.2) is 43.5 Å². The summed E-state index contributed by atoms with van der Waals surface area (Å²) in [6.45, 7) is 5.26. The summed E-state index contributed by atoms with van der Waals surface area (Å²) in [5.74, 6) is 1.21. The van der Waals surface area contributed by atoms with E-state index in [2.05, 4.69) is 45.1 Å². The molecule has 100 valence electrons. The minimum atomic E-state index is 0.910. The lowest BCUT2D eigenvalue weighted by molar-refractivity contribution is 0.0374. The van der Waals surface area contributed by atoms with Gasteiger partial charge in [-0.1, -0.05) is 22.0 Å². The van der Waals surface area contributed by atoms with E-state index in [0.29, 0.717) is 0 Å². The molecule has 0 N–H and O–H groups in total. The maximum absolute atomic E-state index is 5.35. The minimum absolute atomic E-state index is 0.910. The molecular formula is C14H20BrNOS. The highest BCUT2D eigenvalue weighted by atomic mass is 79.9. The van der Waals surface area contributed by atoms with Crippen molar-refractivity contribution in [2.45, 2.75) is 17.7 Å². The van der Waals surface area contributed by atoms with Crippen molar-refractivity contribution in [3.8, 4) is 0 Å². The van der Waals surface area contributed by atoms with Crippen LogP contribution in [0.3, 0.4) is 0 Å². The number of thioether (sulfide) groups is 1. The van der Waals surface area contributed by atoms with Crippen LogP contribution in [0.1, 0.15) is 12.8 Å². The Kier molecular flexibility index (Phi) is 6.55. The predicted octanol–water partition coefficient (Wildman–Crippen LogP) is 3.65. The Hall–Kier alpha value is -0.0300. The van der Waals surface area contributed by atoms with Gasteiger partial charge in [0.1, 0.15) is 0 Å². The smallest absolute Gasteiger partial charge is 0.0594 e. The van der Waals surface area contributed by atoms with Gasteiger partial charge in [0.05, 0.1) is 13.2 Å². The van der Waals surface area contributed by atoms with Gasteiger partial charge in [0.2, 0.25) is 0 Å². The summed E-state index contributed by atoms with van der Waals surface area (Å²) in [5, 5.41) is 0. The van der Waals surface area contributed by atoms with E-state index in [-0.39, 0.29) is 0 Å². The van der Waals surface area contributed by atoms with Crippen LogP contribution in [0.2, 0.25) is 0 Å². The molecule has 2 nitrogen and oxygen atoms in total. The van der Waals surface area contributed by atoms with E-state index in [1.807, 2.05) is 11.8 Å². The molecule has 0 aromatic heterocycles. The Morgan fingerprint density at radius 3 is 2.83 bits per heavy atom. The number of hydrogen-bond acceptors (Lipinski definition) is 3. The number of hydrogen-bond donors (Lipinski definition) is 0. The van der Waals surface area contributed by atoms with Crippen molar-refractivity contribution in [2.75, 3.05) is 38.6 Å². The highest BCUT2D eigenvalue weighted by Gasteiger charge is 2.08. The fourth-order valence-electron chi connectivity index (χ4n) is 2.01. The number of rotatable bonds is 6. The van der Waals surface area contributed by atoms with Crippen LogP contribution >= 0.6 is 27.7 Å². The first-order valence-corrected chi connectivity index (χ1v) is 8.31. The van der Waals surface area contributed by atoms with Gasteiger partial charge in [0.15, 0.2) is 0 Å². The largest absolute Gasteiger partial charge is 0.379 e. The lowest BCUT2D eigenvalue weighted by Gasteiger charge is -2.26. The number of morpholine rings is 1. The van der Waals surface area contributed by atoms with Gasteiger partial charge < -0.3 is 4.74 Å². The topological polar surface area (TPSA) is 12.5 Å². The second kappa shape index (κ2) is 8.20. The highest BCUT2D eigenvalue weighted by Crippen LogP contribution is 2.22. The van der Waals surface area contributed by atoms with Crippen LogP contribution in [-0.2, 0) is 4.74 Å². The molecule has 1 aliphatic heterocycles. The molecule has 0 unspecified atom stereocenters. The molecule has 18 heavy (non-hydrogen) atoms. The van der Waals surface area contributed by atoms with Crippen molar-refractivity contribution in [1.82, 2.24) is 4.90 Å². The Labute approximate surface area is 122 Å². The van der Waals surface area contributed by atoms with Crippen molar-refractivity contribution in [3.63, 3.8) is 0 Å². The third-order valence-electron chi connectivity index (χ3n) is 3.04. The molecule has 0 atom stereocenters. The lowest BCUT2D eigenvalue weighted by atomic mass is 10.3. The third-order valence-corrected chi connectivity index (χ3v) is 4.61. The zero-order chi connectivity index (χ0) is 12.6. The maximum atomic E-state index is 5.35. The molecule has 1 aromatic rings. The zero-order valence-corrected chi connectivity index (χ0v) is 13.0. The molecule has 0 saturated carbocycles. The molecule has 0 radical (unpaired) electrons. The third kappa shape index (κ3) is 5.31. The van der Waals surface area contributed by atoms with E-state index < -0.39 is 0 Å². The van der Waals surface area contributed by atoms with E-state index in [1.54, 1.807) is 0 Å². The number of nitrogens with zero attached hydrogens (tertiary/aromatic N) is 1. The molecule has 0 aliphatic carbocycles. The van der Waals surface area contributed by atoms with Gasteiger partial charge >= 0.3 is 0 Å². The van der Waals surface area contributed by atoms with Gasteiger partial charge in [0, 0.05) is 22.5 Å². The fourth-order valence-corrected chi connectivity index (χ4v) is 3.53. The van der Waals surface area contributed by atoms with E-state index in [9.17, 15) is 0 Å². The molecular weight excluding hydrogens is 310 g/mol. The summed E-state index contributed by atoms with van der Waals surface area (Å²) >= 11 is 5.45. The molecule has 0 bridgehead atoms. The molecule has 1 heterocycles. The van der Waals surface area contributed by atoms with Crippen molar-refractivity contribution >= 4 is 27.7 Å². The monoisotopic (exact) mass is 329 g/mol. The first kappa shape index (κ1) is 14.4. The zero-order valence-electron chi connectivity index (χ0n) is 10.6. The van der Waals surface area contributed by atoms with Gasteiger partial charge in [0.25, 0.3) is 0 Å². The van der Waals surface area contributed by atoms with E-state index >= 15 is 0 Å². The lowest BCUT2D eigenvalue weighted by Crippen LogP contribution is -2.36. The predicted molar refractivity (Wildman–Crippen MR) is 81.4 cm³/mol. The van der Waals surface area contributed by atoms with Crippen molar-refractivity contribution < 1.29 is 4.74 Å². The van der Waals surface area contributed by atoms with Crippen LogP contribution in [0.4, 0.5) is 0 Å². The minimum Gasteiger partial charge on any atom is -0.379 e. The second-order valence-electron chi connectivity index (χ2n) is 4.47. The number of halogens is 1. The average molecular weight is 330 g/mol. The SMILES string of the molecule is Brc1cccc(SCCCCN2CCOCC2)c1. The van der Waals surface area contributed by atoms with Crippen LogP contribution < -0.4 is 0 Å². The van der Waals surface area contributed by atoms with Crippen molar-refractivity contribution in [1.29, 1.82) is 0 Å². The average Bonchev–Trinajstić information content (AvgIpc) is 2.40. The first-order valence-electron chi connectivity index (χ1n) is 6.53. The summed E-state index contributed by atoms with van der Waals surface area (Å²) in [7, 11) is 0. The Morgan fingerprint density at radius 2 is 2.06 bits per heavy atom. The standard InChI is InChI=1S/C14H20BrNOS/c15-13-4-3-5-14(12-13)18-11-2-1-6-16-7-9-17-10-8-16/h3-5,12H,1-2,6-11H2. The van der Waals surface area contributed by atoms with E-state index in [0.717, 1.165) is 26.3 Å². The molecule has 1 aromatic carbocycles. The molecule has 4 heteroatoms. The van der Waals surface area contributed by atoms with Gasteiger partial charge in [-0.2, -0.15) is 0 Å². The van der Waals surface area contributed by atoms with Gasteiger partial charge in [-0.15, -0.1) is 11.8 Å². The first-order chi connectivity index (χ1) is 8.84. The molecule has 1 aliphatic rings. The Morgan fingerprint density at radius 1 is 1.22 bits per heavy atom. The molecule has 1 fully saturated rings. The number of ether oxygens (including phenoxy) is 1. The van der Waals surface area contributed by atoms with Crippen LogP contribution in [0.25, 0.3) is 0 Å². The molecule has 0 amide bonds. The van der Waals surface area contributed by atoms with Gasteiger partial charge in [-0.05, 0) is 43.3 Å². The summed E-state index contributed by atoms with van der Waals surface area (Å²) in [6.07, 6.45) is 2.58. The normalized spacial score (nSPS) is 16.9. The number of unbranched alkanes of at least 4 members (excludes halogenated alkanes) is 1. The summed E-state index contributed by atoms with van der Waals surface area (Å²) in [6, 6.07) is 8.53. The van der Waals surface area contributed by atoms with Crippen molar-refractivity contribution in [2.24, 2.45) is 0 Å². The van der Waals surface area contributed by atoms with Gasteiger partial charge in [-0.25, -0.2) is 0 Å². The van der Waals surface area contributed by atoms with Crippen molar-refractivity contribution in [3.05, 3.63) is 28.7 Å².